The summed E-state index contributed by atoms with van der Waals surface area (Å²) in [7, 11) is 1.35. The Morgan fingerprint density at radius 1 is 1.22 bits per heavy atom. The average molecular weight is 367 g/mol. The summed E-state index contributed by atoms with van der Waals surface area (Å²) in [5.41, 5.74) is 1.68. The van der Waals surface area contributed by atoms with Crippen LogP contribution in [0.1, 0.15) is 24.2 Å². The maximum Gasteiger partial charge on any atom is 0.311 e. The van der Waals surface area contributed by atoms with Gasteiger partial charge in [-0.1, -0.05) is 13.8 Å². The molecule has 7 nitrogen and oxygen atoms in total. The number of benzene rings is 2. The third kappa shape index (κ3) is 3.92. The Morgan fingerprint density at radius 3 is 2.67 bits per heavy atom. The SMILES string of the molecule is COc1ccc(C(=O)Nc2ccc3c(ccn3CC(C)C)c2)cc1[N+](=O)[O-]. The minimum atomic E-state index is -0.570. The van der Waals surface area contributed by atoms with Crippen LogP contribution in [0.25, 0.3) is 10.9 Å². The maximum absolute atomic E-state index is 12.5. The molecule has 0 aliphatic heterocycles. The summed E-state index contributed by atoms with van der Waals surface area (Å²) in [6.45, 7) is 5.24. The van der Waals surface area contributed by atoms with Crippen LogP contribution >= 0.6 is 0 Å². The lowest BCUT2D eigenvalue weighted by atomic mass is 10.1. The zero-order valence-corrected chi connectivity index (χ0v) is 15.4. The van der Waals surface area contributed by atoms with Crippen LogP contribution in [0.4, 0.5) is 11.4 Å². The highest BCUT2D eigenvalue weighted by Gasteiger charge is 2.18. The van der Waals surface area contributed by atoms with Gasteiger partial charge in [-0.25, -0.2) is 0 Å². The van der Waals surface area contributed by atoms with Crippen LogP contribution in [0, 0.1) is 16.0 Å². The number of nitrogens with zero attached hydrogens (tertiary/aromatic N) is 2. The van der Waals surface area contributed by atoms with E-state index in [1.54, 1.807) is 0 Å². The van der Waals surface area contributed by atoms with E-state index in [0.717, 1.165) is 17.4 Å². The number of hydrogen-bond donors (Lipinski definition) is 1. The van der Waals surface area contributed by atoms with Crippen molar-refractivity contribution in [2.45, 2.75) is 20.4 Å². The van der Waals surface area contributed by atoms with Gasteiger partial charge in [-0.05, 0) is 42.3 Å². The summed E-state index contributed by atoms with van der Waals surface area (Å²) < 4.78 is 7.14. The highest BCUT2D eigenvalue weighted by Crippen LogP contribution is 2.28. The van der Waals surface area contributed by atoms with Crippen LogP contribution in [0.5, 0.6) is 5.75 Å². The first-order chi connectivity index (χ1) is 12.9. The highest BCUT2D eigenvalue weighted by atomic mass is 16.6. The van der Waals surface area contributed by atoms with Crippen molar-refractivity contribution in [3.8, 4) is 5.75 Å². The summed E-state index contributed by atoms with van der Waals surface area (Å²) in [6, 6.07) is 11.8. The molecule has 0 bridgehead atoms. The van der Waals surface area contributed by atoms with Crippen LogP contribution in [0.3, 0.4) is 0 Å². The van der Waals surface area contributed by atoms with Crippen molar-refractivity contribution in [3.63, 3.8) is 0 Å². The molecule has 1 amide bonds. The van der Waals surface area contributed by atoms with E-state index in [-0.39, 0.29) is 17.0 Å². The molecule has 0 radical (unpaired) electrons. The summed E-state index contributed by atoms with van der Waals surface area (Å²) in [5.74, 6) is 0.233. The monoisotopic (exact) mass is 367 g/mol. The molecular weight excluding hydrogens is 346 g/mol. The molecule has 0 atom stereocenters. The summed E-state index contributed by atoms with van der Waals surface area (Å²) in [6.07, 6.45) is 2.03. The molecule has 0 saturated carbocycles. The van der Waals surface area contributed by atoms with Gasteiger partial charge < -0.3 is 14.6 Å². The van der Waals surface area contributed by atoms with E-state index in [1.165, 1.54) is 25.3 Å². The number of ether oxygens (including phenoxy) is 1. The van der Waals surface area contributed by atoms with Crippen LogP contribution in [-0.4, -0.2) is 22.5 Å². The van der Waals surface area contributed by atoms with Gasteiger partial charge in [0.1, 0.15) is 0 Å². The molecule has 2 aromatic carbocycles. The number of anilines is 1. The van der Waals surface area contributed by atoms with E-state index in [1.807, 2.05) is 30.5 Å². The van der Waals surface area contributed by atoms with Crippen LogP contribution < -0.4 is 10.1 Å². The molecule has 3 rings (SSSR count). The minimum absolute atomic E-state index is 0.115. The van der Waals surface area contributed by atoms with Gasteiger partial charge in [0.15, 0.2) is 5.75 Å². The second-order valence-electron chi connectivity index (χ2n) is 6.73. The number of nitrogens with one attached hydrogen (secondary N) is 1. The van der Waals surface area contributed by atoms with Gasteiger partial charge in [0, 0.05) is 41.0 Å². The number of methoxy groups -OCH3 is 1. The molecule has 0 aliphatic rings. The molecule has 0 saturated heterocycles. The molecule has 140 valence electrons. The predicted octanol–water partition coefficient (Wildman–Crippen LogP) is 4.47. The molecule has 0 fully saturated rings. The van der Waals surface area contributed by atoms with Gasteiger partial charge in [0.2, 0.25) is 0 Å². The fraction of sp³-hybridized carbons (Fsp3) is 0.250. The van der Waals surface area contributed by atoms with Crippen molar-refractivity contribution in [1.82, 2.24) is 4.57 Å². The van der Waals surface area contributed by atoms with Crippen molar-refractivity contribution in [3.05, 3.63) is 64.3 Å². The Labute approximate surface area is 156 Å². The Balaban J connectivity index is 1.83. The number of fused-ring (bicyclic) bond motifs is 1. The first-order valence-electron chi connectivity index (χ1n) is 8.61. The lowest BCUT2D eigenvalue weighted by Crippen LogP contribution is -2.12. The lowest BCUT2D eigenvalue weighted by molar-refractivity contribution is -0.385. The van der Waals surface area contributed by atoms with E-state index < -0.39 is 10.8 Å². The highest BCUT2D eigenvalue weighted by molar-refractivity contribution is 6.05. The van der Waals surface area contributed by atoms with Crippen molar-refractivity contribution in [2.24, 2.45) is 5.92 Å². The quantitative estimate of drug-likeness (QED) is 0.514. The zero-order valence-electron chi connectivity index (χ0n) is 15.4. The van der Waals surface area contributed by atoms with Crippen molar-refractivity contribution in [1.29, 1.82) is 0 Å². The molecule has 3 aromatic rings. The fourth-order valence-electron chi connectivity index (χ4n) is 3.01. The zero-order chi connectivity index (χ0) is 19.6. The van der Waals surface area contributed by atoms with Crippen molar-refractivity contribution in [2.75, 3.05) is 12.4 Å². The van der Waals surface area contributed by atoms with Gasteiger partial charge in [-0.2, -0.15) is 0 Å². The predicted molar refractivity (Wildman–Crippen MR) is 104 cm³/mol. The van der Waals surface area contributed by atoms with Gasteiger partial charge in [0.05, 0.1) is 12.0 Å². The number of rotatable bonds is 6. The number of aromatic nitrogens is 1. The van der Waals surface area contributed by atoms with Crippen LogP contribution in [0.15, 0.2) is 48.7 Å². The normalized spacial score (nSPS) is 11.0. The topological polar surface area (TPSA) is 86.4 Å². The number of carbonyl (C=O) groups is 1. The summed E-state index contributed by atoms with van der Waals surface area (Å²) in [5, 5.41) is 14.9. The maximum atomic E-state index is 12.5. The molecule has 1 aromatic heterocycles. The fourth-order valence-corrected chi connectivity index (χ4v) is 3.01. The summed E-state index contributed by atoms with van der Waals surface area (Å²) >= 11 is 0. The van der Waals surface area contributed by atoms with E-state index in [9.17, 15) is 14.9 Å². The largest absolute Gasteiger partial charge is 0.490 e. The lowest BCUT2D eigenvalue weighted by Gasteiger charge is -2.10. The van der Waals surface area contributed by atoms with Crippen molar-refractivity contribution >= 4 is 28.2 Å². The van der Waals surface area contributed by atoms with Gasteiger partial charge in [-0.15, -0.1) is 0 Å². The molecule has 7 heteroatoms. The van der Waals surface area contributed by atoms with E-state index >= 15 is 0 Å². The van der Waals surface area contributed by atoms with Gasteiger partial charge in [0.25, 0.3) is 5.91 Å². The molecule has 1 heterocycles. The number of hydrogen-bond acceptors (Lipinski definition) is 4. The third-order valence-electron chi connectivity index (χ3n) is 4.23. The second kappa shape index (κ2) is 7.49. The summed E-state index contributed by atoms with van der Waals surface area (Å²) in [4.78, 5) is 23.1. The van der Waals surface area contributed by atoms with Gasteiger partial charge in [-0.3, -0.25) is 14.9 Å². The first kappa shape index (κ1) is 18.4. The van der Waals surface area contributed by atoms with Crippen LogP contribution in [-0.2, 0) is 6.54 Å². The number of amides is 1. The molecule has 0 unspecified atom stereocenters. The Kier molecular flexibility index (Phi) is 5.12. The first-order valence-corrected chi connectivity index (χ1v) is 8.61. The molecule has 27 heavy (non-hydrogen) atoms. The third-order valence-corrected chi connectivity index (χ3v) is 4.23. The van der Waals surface area contributed by atoms with Crippen LogP contribution in [0.2, 0.25) is 0 Å². The number of carbonyl (C=O) groups excluding carboxylic acids is 1. The Hall–Kier alpha value is -3.35. The minimum Gasteiger partial charge on any atom is -0.490 e. The second-order valence-corrected chi connectivity index (χ2v) is 6.73. The molecular formula is C20H21N3O4. The van der Waals surface area contributed by atoms with E-state index in [2.05, 4.69) is 23.7 Å². The Morgan fingerprint density at radius 2 is 2.00 bits per heavy atom. The Bertz CT molecular complexity index is 1010. The number of nitro groups is 1. The van der Waals surface area contributed by atoms with E-state index in [0.29, 0.717) is 11.6 Å². The number of nitro benzene ring substituents is 1. The standard InChI is InChI=1S/C20H21N3O4/c1-13(2)12-22-9-8-14-10-16(5-6-17(14)22)21-20(24)15-4-7-19(27-3)18(11-15)23(25)26/h4-11,13H,12H2,1-3H3,(H,21,24). The smallest absolute Gasteiger partial charge is 0.311 e. The average Bonchev–Trinajstić information content (AvgIpc) is 3.02. The molecule has 0 spiro atoms. The van der Waals surface area contributed by atoms with Gasteiger partial charge >= 0.3 is 5.69 Å². The van der Waals surface area contributed by atoms with E-state index in [4.69, 9.17) is 4.74 Å². The van der Waals surface area contributed by atoms with Crippen molar-refractivity contribution < 1.29 is 14.5 Å². The molecule has 1 N–H and O–H groups in total. The molecule has 0 aliphatic carbocycles.